The van der Waals surface area contributed by atoms with Crippen LogP contribution in [0.25, 0.3) is 11.4 Å². The highest BCUT2D eigenvalue weighted by molar-refractivity contribution is 5.55. The van der Waals surface area contributed by atoms with Crippen LogP contribution < -0.4 is 0 Å². The molecule has 3 heteroatoms. The molecule has 84 valence electrons. The van der Waals surface area contributed by atoms with E-state index in [0.29, 0.717) is 0 Å². The molecule has 0 unspecified atom stereocenters. The molecule has 2 nitrogen and oxygen atoms in total. The molecule has 0 spiro atoms. The van der Waals surface area contributed by atoms with E-state index in [-0.39, 0.29) is 5.82 Å². The third-order valence-corrected chi connectivity index (χ3v) is 2.57. The van der Waals surface area contributed by atoms with E-state index < -0.39 is 0 Å². The molecule has 1 aromatic heterocycles. The number of nitrogens with zero attached hydrogens (tertiary/aromatic N) is 2. The van der Waals surface area contributed by atoms with E-state index in [1.807, 2.05) is 6.20 Å². The maximum Gasteiger partial charge on any atom is 0.139 e. The maximum atomic E-state index is 12.8. The summed E-state index contributed by atoms with van der Waals surface area (Å²) in [5, 5.41) is 0. The molecule has 0 amide bonds. The largest absolute Gasteiger partial charge is 0.331 e. The van der Waals surface area contributed by atoms with Crippen LogP contribution in [0.5, 0.6) is 0 Å². The number of halogens is 1. The van der Waals surface area contributed by atoms with Gasteiger partial charge in [-0.05, 0) is 30.7 Å². The van der Waals surface area contributed by atoms with Gasteiger partial charge in [-0.3, -0.25) is 0 Å². The van der Waals surface area contributed by atoms with E-state index in [1.165, 1.54) is 12.1 Å². The first kappa shape index (κ1) is 10.9. The highest BCUT2D eigenvalue weighted by atomic mass is 19.1. The average molecular weight is 218 g/mol. The van der Waals surface area contributed by atoms with Crippen molar-refractivity contribution in [2.75, 3.05) is 0 Å². The molecule has 2 aromatic rings. The highest BCUT2D eigenvalue weighted by Crippen LogP contribution is 2.18. The topological polar surface area (TPSA) is 17.8 Å². The lowest BCUT2D eigenvalue weighted by atomic mass is 10.2. The van der Waals surface area contributed by atoms with Gasteiger partial charge < -0.3 is 4.57 Å². The van der Waals surface area contributed by atoms with Crippen LogP contribution in [0, 0.1) is 5.82 Å². The number of rotatable bonds is 4. The van der Waals surface area contributed by atoms with Crippen LogP contribution in [0.15, 0.2) is 36.7 Å². The summed E-state index contributed by atoms with van der Waals surface area (Å²) < 4.78 is 14.9. The first-order valence-electron chi connectivity index (χ1n) is 5.58. The summed E-state index contributed by atoms with van der Waals surface area (Å²) in [4.78, 5) is 4.31. The van der Waals surface area contributed by atoms with Gasteiger partial charge in [0.05, 0.1) is 0 Å². The monoisotopic (exact) mass is 218 g/mol. The molecule has 0 saturated heterocycles. The SMILES string of the molecule is CCCCn1ccnc1-c1ccc(F)cc1. The Morgan fingerprint density at radius 1 is 1.25 bits per heavy atom. The summed E-state index contributed by atoms with van der Waals surface area (Å²) in [6.45, 7) is 3.12. The number of hydrogen-bond acceptors (Lipinski definition) is 1. The molecule has 0 N–H and O–H groups in total. The number of unbranched alkanes of at least 4 members (excludes halogenated alkanes) is 1. The molecule has 0 fully saturated rings. The van der Waals surface area contributed by atoms with Crippen molar-refractivity contribution in [1.29, 1.82) is 0 Å². The molecular formula is C13H15FN2. The fourth-order valence-corrected chi connectivity index (χ4v) is 1.68. The number of hydrogen-bond donors (Lipinski definition) is 0. The van der Waals surface area contributed by atoms with Crippen molar-refractivity contribution in [3.8, 4) is 11.4 Å². The summed E-state index contributed by atoms with van der Waals surface area (Å²) in [5.74, 6) is 0.698. The smallest absolute Gasteiger partial charge is 0.139 e. The predicted molar refractivity (Wildman–Crippen MR) is 62.5 cm³/mol. The maximum absolute atomic E-state index is 12.8. The number of aromatic nitrogens is 2. The van der Waals surface area contributed by atoms with Gasteiger partial charge in [-0.1, -0.05) is 13.3 Å². The quantitative estimate of drug-likeness (QED) is 0.768. The van der Waals surface area contributed by atoms with Gasteiger partial charge in [0.1, 0.15) is 11.6 Å². The van der Waals surface area contributed by atoms with Gasteiger partial charge in [-0.2, -0.15) is 0 Å². The van der Waals surface area contributed by atoms with Crippen molar-refractivity contribution in [2.24, 2.45) is 0 Å². The fourth-order valence-electron chi connectivity index (χ4n) is 1.68. The van der Waals surface area contributed by atoms with Gasteiger partial charge >= 0.3 is 0 Å². The van der Waals surface area contributed by atoms with Crippen LogP contribution >= 0.6 is 0 Å². The minimum atomic E-state index is -0.213. The zero-order valence-corrected chi connectivity index (χ0v) is 9.36. The average Bonchev–Trinajstić information content (AvgIpc) is 2.75. The van der Waals surface area contributed by atoms with E-state index in [9.17, 15) is 4.39 Å². The molecule has 0 saturated carbocycles. The highest BCUT2D eigenvalue weighted by Gasteiger charge is 2.05. The normalized spacial score (nSPS) is 10.6. The first-order chi connectivity index (χ1) is 7.81. The molecule has 0 aliphatic rings. The summed E-state index contributed by atoms with van der Waals surface area (Å²) in [6.07, 6.45) is 6.04. The van der Waals surface area contributed by atoms with Crippen molar-refractivity contribution in [1.82, 2.24) is 9.55 Å². The lowest BCUT2D eigenvalue weighted by molar-refractivity contribution is 0.626. The van der Waals surface area contributed by atoms with Crippen LogP contribution in [0.3, 0.4) is 0 Å². The summed E-state index contributed by atoms with van der Waals surface area (Å²) >= 11 is 0. The Hall–Kier alpha value is -1.64. The second-order valence-electron chi connectivity index (χ2n) is 3.80. The molecular weight excluding hydrogens is 203 g/mol. The molecule has 0 aliphatic heterocycles. The minimum Gasteiger partial charge on any atom is -0.331 e. The zero-order chi connectivity index (χ0) is 11.4. The number of imidazole rings is 1. The van der Waals surface area contributed by atoms with Gasteiger partial charge in [-0.15, -0.1) is 0 Å². The first-order valence-corrected chi connectivity index (χ1v) is 5.58. The van der Waals surface area contributed by atoms with Crippen molar-refractivity contribution in [3.05, 3.63) is 42.5 Å². The van der Waals surface area contributed by atoms with Crippen molar-refractivity contribution >= 4 is 0 Å². The van der Waals surface area contributed by atoms with Crippen molar-refractivity contribution in [3.63, 3.8) is 0 Å². The molecule has 16 heavy (non-hydrogen) atoms. The summed E-state index contributed by atoms with van der Waals surface area (Å²) in [7, 11) is 0. The third kappa shape index (κ3) is 2.30. The Morgan fingerprint density at radius 2 is 2.00 bits per heavy atom. The van der Waals surface area contributed by atoms with Crippen LogP contribution in [0.1, 0.15) is 19.8 Å². The molecule has 0 bridgehead atoms. The standard InChI is InChI=1S/C13H15FN2/c1-2-3-9-16-10-8-15-13(16)11-4-6-12(14)7-5-11/h4-8,10H,2-3,9H2,1H3. The Kier molecular flexibility index (Phi) is 3.34. The van der Waals surface area contributed by atoms with Crippen LogP contribution in [-0.2, 0) is 6.54 Å². The third-order valence-electron chi connectivity index (χ3n) is 2.57. The van der Waals surface area contributed by atoms with Gasteiger partial charge in [0, 0.05) is 24.5 Å². The van der Waals surface area contributed by atoms with E-state index >= 15 is 0 Å². The number of benzene rings is 1. The minimum absolute atomic E-state index is 0.213. The summed E-state index contributed by atoms with van der Waals surface area (Å²) in [6, 6.07) is 6.46. The Bertz CT molecular complexity index is 445. The number of aryl methyl sites for hydroxylation is 1. The zero-order valence-electron chi connectivity index (χ0n) is 9.36. The lowest BCUT2D eigenvalue weighted by Crippen LogP contribution is -1.99. The Labute approximate surface area is 94.8 Å². The van der Waals surface area contributed by atoms with Crippen molar-refractivity contribution in [2.45, 2.75) is 26.3 Å². The van der Waals surface area contributed by atoms with E-state index in [0.717, 1.165) is 30.8 Å². The van der Waals surface area contributed by atoms with Crippen LogP contribution in [0.4, 0.5) is 4.39 Å². The van der Waals surface area contributed by atoms with Crippen LogP contribution in [0.2, 0.25) is 0 Å². The predicted octanol–water partition coefficient (Wildman–Crippen LogP) is 3.49. The van der Waals surface area contributed by atoms with Gasteiger partial charge in [0.15, 0.2) is 0 Å². The molecule has 1 heterocycles. The van der Waals surface area contributed by atoms with E-state index in [4.69, 9.17) is 0 Å². The van der Waals surface area contributed by atoms with Crippen molar-refractivity contribution < 1.29 is 4.39 Å². The molecule has 0 atom stereocenters. The van der Waals surface area contributed by atoms with Gasteiger partial charge in [0.25, 0.3) is 0 Å². The van der Waals surface area contributed by atoms with E-state index in [2.05, 4.69) is 16.5 Å². The molecule has 1 aromatic carbocycles. The van der Waals surface area contributed by atoms with Gasteiger partial charge in [-0.25, -0.2) is 9.37 Å². The Balaban J connectivity index is 2.26. The molecule has 0 radical (unpaired) electrons. The summed E-state index contributed by atoms with van der Waals surface area (Å²) in [5.41, 5.74) is 0.961. The Morgan fingerprint density at radius 3 is 2.69 bits per heavy atom. The van der Waals surface area contributed by atoms with Gasteiger partial charge in [0.2, 0.25) is 0 Å². The molecule has 0 aliphatic carbocycles. The van der Waals surface area contributed by atoms with Crippen LogP contribution in [-0.4, -0.2) is 9.55 Å². The molecule has 2 rings (SSSR count). The lowest BCUT2D eigenvalue weighted by Gasteiger charge is -2.06. The second kappa shape index (κ2) is 4.92. The fraction of sp³-hybridized carbons (Fsp3) is 0.308. The second-order valence-corrected chi connectivity index (χ2v) is 3.80. The van der Waals surface area contributed by atoms with E-state index in [1.54, 1.807) is 18.3 Å².